The number of nitro groups is 1. The molecule has 0 saturated heterocycles. The average molecular weight is 363 g/mol. The van der Waals surface area contributed by atoms with E-state index in [1.54, 1.807) is 6.92 Å². The minimum absolute atomic E-state index is 0.00512. The molecule has 0 aliphatic rings. The van der Waals surface area contributed by atoms with E-state index in [1.165, 1.54) is 4.90 Å². The molecule has 0 aliphatic heterocycles. The van der Waals surface area contributed by atoms with Gasteiger partial charge in [-0.05, 0) is 29.3 Å². The summed E-state index contributed by atoms with van der Waals surface area (Å²) < 4.78 is 18.5. The number of halogens is 2. The molecule has 6 nitrogen and oxygen atoms in total. The van der Waals surface area contributed by atoms with Gasteiger partial charge in [-0.1, -0.05) is 6.92 Å². The Morgan fingerprint density at radius 1 is 1.48 bits per heavy atom. The fourth-order valence-electron chi connectivity index (χ4n) is 1.84. The van der Waals surface area contributed by atoms with Crippen molar-refractivity contribution >= 4 is 33.3 Å². The lowest BCUT2D eigenvalue weighted by molar-refractivity contribution is -0.384. The Kier molecular flexibility index (Phi) is 6.54. The Hall–Kier alpha value is -1.70. The second kappa shape index (κ2) is 7.92. The van der Waals surface area contributed by atoms with Crippen LogP contribution >= 0.6 is 15.9 Å². The van der Waals surface area contributed by atoms with Crippen LogP contribution in [0.2, 0.25) is 0 Å². The van der Waals surface area contributed by atoms with Crippen LogP contribution in [0.1, 0.15) is 20.3 Å². The molecular formula is C13H16BrFN2O4. The monoisotopic (exact) mass is 362 g/mol. The van der Waals surface area contributed by atoms with Crippen molar-refractivity contribution in [1.82, 2.24) is 0 Å². The maximum absolute atomic E-state index is 13.7. The number of carbonyl (C=O) groups is 1. The van der Waals surface area contributed by atoms with Crippen LogP contribution < -0.4 is 4.90 Å². The summed E-state index contributed by atoms with van der Waals surface area (Å²) in [4.78, 5) is 23.6. The van der Waals surface area contributed by atoms with Crippen LogP contribution in [0.25, 0.3) is 0 Å². The number of hydrogen-bond acceptors (Lipinski definition) is 5. The van der Waals surface area contributed by atoms with Gasteiger partial charge in [-0.2, -0.15) is 0 Å². The van der Waals surface area contributed by atoms with Gasteiger partial charge in [-0.15, -0.1) is 0 Å². The number of nitrogens with zero attached hydrogens (tertiary/aromatic N) is 2. The van der Waals surface area contributed by atoms with E-state index in [1.807, 2.05) is 6.92 Å². The SMILES string of the molecule is CCCN(CC(=O)OCC)c1cc(F)c(Br)cc1[N+](=O)[O-]. The van der Waals surface area contributed by atoms with Gasteiger partial charge in [-0.25, -0.2) is 4.39 Å². The minimum Gasteiger partial charge on any atom is -0.465 e. The fourth-order valence-corrected chi connectivity index (χ4v) is 2.17. The van der Waals surface area contributed by atoms with Crippen molar-refractivity contribution < 1.29 is 18.8 Å². The van der Waals surface area contributed by atoms with E-state index < -0.39 is 16.7 Å². The molecule has 21 heavy (non-hydrogen) atoms. The van der Waals surface area contributed by atoms with E-state index in [4.69, 9.17) is 4.74 Å². The van der Waals surface area contributed by atoms with Gasteiger partial charge in [0.2, 0.25) is 0 Å². The number of nitro benzene ring substituents is 1. The van der Waals surface area contributed by atoms with Gasteiger partial charge in [-0.3, -0.25) is 14.9 Å². The summed E-state index contributed by atoms with van der Waals surface area (Å²) in [6.07, 6.45) is 0.647. The fraction of sp³-hybridized carbons (Fsp3) is 0.462. The van der Waals surface area contributed by atoms with Crippen molar-refractivity contribution in [2.24, 2.45) is 0 Å². The number of benzene rings is 1. The lowest BCUT2D eigenvalue weighted by Gasteiger charge is -2.23. The van der Waals surface area contributed by atoms with Crippen molar-refractivity contribution in [2.75, 3.05) is 24.6 Å². The molecule has 116 valence electrons. The van der Waals surface area contributed by atoms with Crippen molar-refractivity contribution in [3.63, 3.8) is 0 Å². The largest absolute Gasteiger partial charge is 0.465 e. The summed E-state index contributed by atoms with van der Waals surface area (Å²) in [5.41, 5.74) is -0.198. The molecule has 0 spiro atoms. The summed E-state index contributed by atoms with van der Waals surface area (Å²) in [5, 5.41) is 11.1. The summed E-state index contributed by atoms with van der Waals surface area (Å²) in [7, 11) is 0. The van der Waals surface area contributed by atoms with E-state index in [0.717, 1.165) is 12.1 Å². The molecular weight excluding hydrogens is 347 g/mol. The Morgan fingerprint density at radius 3 is 2.67 bits per heavy atom. The van der Waals surface area contributed by atoms with Crippen LogP contribution in [0.15, 0.2) is 16.6 Å². The highest BCUT2D eigenvalue weighted by Gasteiger charge is 2.24. The van der Waals surface area contributed by atoms with E-state index >= 15 is 0 Å². The highest BCUT2D eigenvalue weighted by atomic mass is 79.9. The van der Waals surface area contributed by atoms with Gasteiger partial charge in [0.1, 0.15) is 18.0 Å². The highest BCUT2D eigenvalue weighted by molar-refractivity contribution is 9.10. The Bertz CT molecular complexity index is 539. The van der Waals surface area contributed by atoms with Crippen LogP contribution in [0.3, 0.4) is 0 Å². The topological polar surface area (TPSA) is 72.7 Å². The predicted octanol–water partition coefficient (Wildman–Crippen LogP) is 3.28. The second-order valence-electron chi connectivity index (χ2n) is 4.24. The van der Waals surface area contributed by atoms with E-state index in [0.29, 0.717) is 13.0 Å². The predicted molar refractivity (Wildman–Crippen MR) is 79.9 cm³/mol. The molecule has 0 heterocycles. The first-order chi connectivity index (χ1) is 9.90. The van der Waals surface area contributed by atoms with Gasteiger partial charge in [0, 0.05) is 18.7 Å². The van der Waals surface area contributed by atoms with Gasteiger partial charge < -0.3 is 9.64 Å². The van der Waals surface area contributed by atoms with E-state index in [9.17, 15) is 19.3 Å². The first-order valence-electron chi connectivity index (χ1n) is 6.44. The van der Waals surface area contributed by atoms with Gasteiger partial charge in [0.25, 0.3) is 5.69 Å². The van der Waals surface area contributed by atoms with E-state index in [-0.39, 0.29) is 29.0 Å². The molecule has 1 rings (SSSR count). The molecule has 0 radical (unpaired) electrons. The van der Waals surface area contributed by atoms with Crippen LogP contribution in [-0.2, 0) is 9.53 Å². The molecule has 0 amide bonds. The molecule has 8 heteroatoms. The molecule has 0 bridgehead atoms. The first-order valence-corrected chi connectivity index (χ1v) is 7.24. The summed E-state index contributed by atoms with van der Waals surface area (Å²) >= 11 is 2.92. The second-order valence-corrected chi connectivity index (χ2v) is 5.09. The molecule has 0 unspecified atom stereocenters. The highest BCUT2D eigenvalue weighted by Crippen LogP contribution is 2.33. The Labute approximate surface area is 130 Å². The molecule has 0 saturated carbocycles. The van der Waals surface area contributed by atoms with Crippen molar-refractivity contribution in [1.29, 1.82) is 0 Å². The Morgan fingerprint density at radius 2 is 2.14 bits per heavy atom. The standard InChI is InChI=1S/C13H16BrFN2O4/c1-3-5-16(8-13(18)21-4-2)11-7-10(15)9(14)6-12(11)17(19)20/h6-7H,3-5,8H2,1-2H3. The third-order valence-corrected chi connectivity index (χ3v) is 3.28. The zero-order chi connectivity index (χ0) is 16.0. The molecule has 0 aliphatic carbocycles. The van der Waals surface area contributed by atoms with Crippen LogP contribution in [0, 0.1) is 15.9 Å². The third-order valence-electron chi connectivity index (χ3n) is 2.67. The zero-order valence-electron chi connectivity index (χ0n) is 11.8. The zero-order valence-corrected chi connectivity index (χ0v) is 13.4. The summed E-state index contributed by atoms with van der Waals surface area (Å²) in [6.45, 7) is 3.96. The lowest BCUT2D eigenvalue weighted by Crippen LogP contribution is -2.32. The quantitative estimate of drug-likeness (QED) is 0.422. The minimum atomic E-state index is -0.624. The smallest absolute Gasteiger partial charge is 0.325 e. The first kappa shape index (κ1) is 17.4. The summed E-state index contributed by atoms with van der Waals surface area (Å²) in [6, 6.07) is 2.15. The maximum atomic E-state index is 13.7. The van der Waals surface area contributed by atoms with Crippen molar-refractivity contribution in [2.45, 2.75) is 20.3 Å². The lowest BCUT2D eigenvalue weighted by atomic mass is 10.2. The summed E-state index contributed by atoms with van der Waals surface area (Å²) in [5.74, 6) is -1.14. The number of carbonyl (C=O) groups excluding carboxylic acids is 1. The van der Waals surface area contributed by atoms with Crippen LogP contribution in [0.5, 0.6) is 0 Å². The molecule has 0 N–H and O–H groups in total. The van der Waals surface area contributed by atoms with Gasteiger partial charge in [0.15, 0.2) is 0 Å². The van der Waals surface area contributed by atoms with Crippen molar-refractivity contribution in [3.05, 3.63) is 32.5 Å². The molecule has 1 aromatic carbocycles. The van der Waals surface area contributed by atoms with Crippen LogP contribution in [-0.4, -0.2) is 30.6 Å². The van der Waals surface area contributed by atoms with Crippen LogP contribution in [0.4, 0.5) is 15.8 Å². The van der Waals surface area contributed by atoms with Gasteiger partial charge >= 0.3 is 5.97 Å². The molecule has 1 aromatic rings. The molecule has 0 aromatic heterocycles. The maximum Gasteiger partial charge on any atom is 0.325 e. The average Bonchev–Trinajstić information content (AvgIpc) is 2.41. The number of rotatable bonds is 7. The number of ether oxygens (including phenoxy) is 1. The Balaban J connectivity index is 3.20. The number of esters is 1. The number of hydrogen-bond donors (Lipinski definition) is 0. The van der Waals surface area contributed by atoms with E-state index in [2.05, 4.69) is 15.9 Å². The van der Waals surface area contributed by atoms with Crippen molar-refractivity contribution in [3.8, 4) is 0 Å². The number of anilines is 1. The molecule has 0 fully saturated rings. The molecule has 0 atom stereocenters. The van der Waals surface area contributed by atoms with Gasteiger partial charge in [0.05, 0.1) is 16.0 Å². The third kappa shape index (κ3) is 4.66. The normalized spacial score (nSPS) is 10.3.